The molecule has 32 heavy (non-hydrogen) atoms. The molecule has 4 heterocycles. The molecule has 0 radical (unpaired) electrons. The molecule has 1 amide bonds. The lowest BCUT2D eigenvalue weighted by atomic mass is 10.1. The molecule has 4 rings (SSSR count). The van der Waals surface area contributed by atoms with Gasteiger partial charge in [-0.1, -0.05) is 13.0 Å². The minimum absolute atomic E-state index is 0.105. The second-order valence-corrected chi connectivity index (χ2v) is 7.58. The maximum Gasteiger partial charge on any atom is 0.229 e. The third-order valence-electron chi connectivity index (χ3n) is 5.59. The van der Waals surface area contributed by atoms with Crippen molar-refractivity contribution in [3.63, 3.8) is 0 Å². The highest BCUT2D eigenvalue weighted by molar-refractivity contribution is 5.83. The number of nitriles is 1. The van der Waals surface area contributed by atoms with Crippen LogP contribution in [0.3, 0.4) is 0 Å². The van der Waals surface area contributed by atoms with Crippen LogP contribution in [0.1, 0.15) is 19.4 Å². The third kappa shape index (κ3) is 3.99. The Balaban J connectivity index is 1.57. The van der Waals surface area contributed by atoms with Gasteiger partial charge in [0.25, 0.3) is 0 Å². The van der Waals surface area contributed by atoms with Gasteiger partial charge in [-0.3, -0.25) is 9.78 Å². The van der Waals surface area contributed by atoms with Gasteiger partial charge in [-0.25, -0.2) is 9.50 Å². The molecule has 3 aromatic rings. The van der Waals surface area contributed by atoms with E-state index >= 15 is 0 Å². The maximum atomic E-state index is 12.4. The van der Waals surface area contributed by atoms with Gasteiger partial charge < -0.3 is 14.5 Å². The van der Waals surface area contributed by atoms with E-state index in [9.17, 15) is 10.1 Å². The molecule has 1 aliphatic heterocycles. The molecule has 9 nitrogen and oxygen atoms in total. The van der Waals surface area contributed by atoms with Crippen molar-refractivity contribution in [1.29, 1.82) is 5.26 Å². The lowest BCUT2D eigenvalue weighted by molar-refractivity contribution is -0.133. The van der Waals surface area contributed by atoms with Crippen molar-refractivity contribution in [2.24, 2.45) is 5.92 Å². The smallest absolute Gasteiger partial charge is 0.229 e. The van der Waals surface area contributed by atoms with Gasteiger partial charge in [0.05, 0.1) is 54.1 Å². The van der Waals surface area contributed by atoms with Gasteiger partial charge in [0.15, 0.2) is 0 Å². The Morgan fingerprint density at radius 2 is 2.06 bits per heavy atom. The van der Waals surface area contributed by atoms with Crippen molar-refractivity contribution >= 4 is 17.2 Å². The fourth-order valence-corrected chi connectivity index (χ4v) is 3.79. The van der Waals surface area contributed by atoms with Crippen LogP contribution in [-0.2, 0) is 4.79 Å². The Bertz CT molecular complexity index is 1170. The number of carbonyl (C=O) groups excluding carboxylic acids is 1. The standard InChI is InChI=1S/C23H25N7O2/c1-4-16(3)23(31)29-8-6-28(7-9-29)21-14-25-20(13-26-21)19-10-18(32-5-2)15-30-22(19)17(11-24)12-27-30/h4,10,12-16H,1,5-9H2,2-3H3. The number of pyridine rings is 1. The number of aromatic nitrogens is 4. The van der Waals surface area contributed by atoms with Crippen molar-refractivity contribution in [3.05, 3.63) is 49.1 Å². The number of carbonyl (C=O) groups is 1. The summed E-state index contributed by atoms with van der Waals surface area (Å²) in [4.78, 5) is 25.6. The van der Waals surface area contributed by atoms with E-state index in [0.717, 1.165) is 11.4 Å². The molecular weight excluding hydrogens is 406 g/mol. The average Bonchev–Trinajstić information content (AvgIpc) is 3.26. The third-order valence-corrected chi connectivity index (χ3v) is 5.59. The minimum Gasteiger partial charge on any atom is -0.492 e. The van der Waals surface area contributed by atoms with E-state index in [1.165, 1.54) is 6.20 Å². The van der Waals surface area contributed by atoms with Gasteiger partial charge >= 0.3 is 0 Å². The summed E-state index contributed by atoms with van der Waals surface area (Å²) in [7, 11) is 0. The van der Waals surface area contributed by atoms with Gasteiger partial charge in [0.2, 0.25) is 5.91 Å². The normalized spacial score (nSPS) is 14.8. The Morgan fingerprint density at radius 3 is 2.69 bits per heavy atom. The summed E-state index contributed by atoms with van der Waals surface area (Å²) in [5.74, 6) is 1.33. The van der Waals surface area contributed by atoms with Crippen LogP contribution in [-0.4, -0.2) is 63.2 Å². The van der Waals surface area contributed by atoms with Crippen molar-refractivity contribution in [2.45, 2.75) is 13.8 Å². The molecule has 1 fully saturated rings. The van der Waals surface area contributed by atoms with Crippen molar-refractivity contribution in [3.8, 4) is 23.1 Å². The molecule has 0 aromatic carbocycles. The zero-order chi connectivity index (χ0) is 22.7. The number of anilines is 1. The average molecular weight is 432 g/mol. The van der Waals surface area contributed by atoms with E-state index in [1.807, 2.05) is 24.8 Å². The number of amides is 1. The van der Waals surface area contributed by atoms with Gasteiger partial charge in [-0.2, -0.15) is 10.4 Å². The predicted octanol–water partition coefficient (Wildman–Crippen LogP) is 2.53. The molecule has 1 atom stereocenters. The first-order valence-corrected chi connectivity index (χ1v) is 10.6. The second-order valence-electron chi connectivity index (χ2n) is 7.58. The topological polar surface area (TPSA) is 99.6 Å². The van der Waals surface area contributed by atoms with Crippen molar-refractivity contribution < 1.29 is 9.53 Å². The van der Waals surface area contributed by atoms with E-state index in [2.05, 4.69) is 32.6 Å². The molecule has 1 aliphatic rings. The Labute approximate surface area is 186 Å². The van der Waals surface area contributed by atoms with Crippen LogP contribution in [0, 0.1) is 17.2 Å². The molecule has 1 unspecified atom stereocenters. The summed E-state index contributed by atoms with van der Waals surface area (Å²) >= 11 is 0. The van der Waals surface area contributed by atoms with Crippen LogP contribution < -0.4 is 9.64 Å². The highest BCUT2D eigenvalue weighted by Crippen LogP contribution is 2.30. The Morgan fingerprint density at radius 1 is 1.28 bits per heavy atom. The monoisotopic (exact) mass is 431 g/mol. The summed E-state index contributed by atoms with van der Waals surface area (Å²) < 4.78 is 7.29. The summed E-state index contributed by atoms with van der Waals surface area (Å²) in [6.45, 7) is 10.7. The molecule has 3 aromatic heterocycles. The van der Waals surface area contributed by atoms with Crippen LogP contribution in [0.25, 0.3) is 16.8 Å². The number of hydrogen-bond acceptors (Lipinski definition) is 7. The van der Waals surface area contributed by atoms with Gasteiger partial charge in [0.1, 0.15) is 17.6 Å². The van der Waals surface area contributed by atoms with Gasteiger partial charge in [-0.05, 0) is 13.0 Å². The Kier molecular flexibility index (Phi) is 6.03. The van der Waals surface area contributed by atoms with Crippen LogP contribution in [0.4, 0.5) is 5.82 Å². The summed E-state index contributed by atoms with van der Waals surface area (Å²) in [6, 6.07) is 4.04. The largest absolute Gasteiger partial charge is 0.492 e. The molecular formula is C23H25N7O2. The van der Waals surface area contributed by atoms with Crippen molar-refractivity contribution in [2.75, 3.05) is 37.7 Å². The lowest BCUT2D eigenvalue weighted by Gasteiger charge is -2.36. The van der Waals surface area contributed by atoms with E-state index in [0.29, 0.717) is 55.3 Å². The molecule has 0 bridgehead atoms. The number of ether oxygens (including phenoxy) is 1. The molecule has 0 aliphatic carbocycles. The summed E-state index contributed by atoms with van der Waals surface area (Å²) in [5.41, 5.74) is 2.49. The number of hydrogen-bond donors (Lipinski definition) is 0. The van der Waals surface area contributed by atoms with E-state index in [1.54, 1.807) is 29.2 Å². The van der Waals surface area contributed by atoms with E-state index in [-0.39, 0.29) is 11.8 Å². The fraction of sp³-hybridized carbons (Fsp3) is 0.348. The first-order valence-electron chi connectivity index (χ1n) is 10.6. The molecule has 0 N–H and O–H groups in total. The second kappa shape index (κ2) is 9.06. The SMILES string of the molecule is C=CC(C)C(=O)N1CCN(c2cnc(-c3cc(OCC)cn4ncc(C#N)c34)cn2)CC1. The van der Waals surface area contributed by atoms with E-state index < -0.39 is 0 Å². The molecule has 0 saturated carbocycles. The first-order chi connectivity index (χ1) is 15.5. The Hall–Kier alpha value is -3.93. The molecule has 9 heteroatoms. The molecule has 1 saturated heterocycles. The highest BCUT2D eigenvalue weighted by atomic mass is 16.5. The lowest BCUT2D eigenvalue weighted by Crippen LogP contribution is -2.50. The van der Waals surface area contributed by atoms with Crippen LogP contribution in [0.5, 0.6) is 5.75 Å². The molecule has 0 spiro atoms. The predicted molar refractivity (Wildman–Crippen MR) is 120 cm³/mol. The summed E-state index contributed by atoms with van der Waals surface area (Å²) in [6.07, 6.45) is 8.38. The van der Waals surface area contributed by atoms with E-state index in [4.69, 9.17) is 4.74 Å². The summed E-state index contributed by atoms with van der Waals surface area (Å²) in [5, 5.41) is 13.8. The highest BCUT2D eigenvalue weighted by Gasteiger charge is 2.24. The van der Waals surface area contributed by atoms with Crippen LogP contribution >= 0.6 is 0 Å². The first kappa shape index (κ1) is 21.3. The van der Waals surface area contributed by atoms with Gasteiger partial charge in [0, 0.05) is 31.7 Å². The van der Waals surface area contributed by atoms with Crippen LogP contribution in [0.2, 0.25) is 0 Å². The minimum atomic E-state index is -0.174. The zero-order valence-electron chi connectivity index (χ0n) is 18.2. The number of nitrogens with zero attached hydrogens (tertiary/aromatic N) is 7. The number of piperazine rings is 1. The fourth-order valence-electron chi connectivity index (χ4n) is 3.79. The maximum absolute atomic E-state index is 12.4. The van der Waals surface area contributed by atoms with Crippen LogP contribution in [0.15, 0.2) is 43.5 Å². The molecule has 164 valence electrons. The zero-order valence-corrected chi connectivity index (χ0v) is 18.2. The van der Waals surface area contributed by atoms with Gasteiger partial charge in [-0.15, -0.1) is 6.58 Å². The number of rotatable bonds is 6. The quantitative estimate of drug-likeness (QED) is 0.553. The van der Waals surface area contributed by atoms with Crippen molar-refractivity contribution in [1.82, 2.24) is 24.5 Å². The number of fused-ring (bicyclic) bond motifs is 1.